The number of aliphatic hydroxyl groups is 2. The molecule has 0 aliphatic heterocycles. The van der Waals surface area contributed by atoms with Crippen LogP contribution in [0.15, 0.2) is 0 Å². The Labute approximate surface area is 78.9 Å². The summed E-state index contributed by atoms with van der Waals surface area (Å²) in [4.78, 5) is 1.72. The van der Waals surface area contributed by atoms with Crippen molar-refractivity contribution in [3.05, 3.63) is 0 Å². The quantitative estimate of drug-likeness (QED) is 0.520. The van der Waals surface area contributed by atoms with Gasteiger partial charge in [0.25, 0.3) is 0 Å². The van der Waals surface area contributed by atoms with Crippen molar-refractivity contribution in [3.8, 4) is 0 Å². The Hall–Kier alpha value is -0.200. The summed E-state index contributed by atoms with van der Waals surface area (Å²) in [5.41, 5.74) is -0.702. The largest absolute Gasteiger partial charge is 0.394 e. The highest BCUT2D eigenvalue weighted by Gasteiger charge is 2.30. The van der Waals surface area contributed by atoms with Crippen molar-refractivity contribution in [1.82, 2.24) is 4.90 Å². The summed E-state index contributed by atoms with van der Waals surface area (Å²) in [5.74, 6) is 0. The molecule has 0 bridgehead atoms. The van der Waals surface area contributed by atoms with Crippen LogP contribution in [0.2, 0.25) is 0 Å². The van der Waals surface area contributed by atoms with E-state index in [0.717, 1.165) is 0 Å². The minimum absolute atomic E-state index is 0.143. The van der Waals surface area contributed by atoms with E-state index < -0.39 is 5.54 Å². The number of nitrogens with zero attached hydrogens (tertiary/aromatic N) is 1. The smallest absolute Gasteiger partial charge is 0.101 e. The van der Waals surface area contributed by atoms with E-state index >= 15 is 0 Å². The lowest BCUT2D eigenvalue weighted by atomic mass is 10.0. The van der Waals surface area contributed by atoms with Crippen molar-refractivity contribution < 1.29 is 19.7 Å². The van der Waals surface area contributed by atoms with Crippen molar-refractivity contribution in [3.63, 3.8) is 0 Å². The third-order valence-corrected chi connectivity index (χ3v) is 2.01. The summed E-state index contributed by atoms with van der Waals surface area (Å²) in [6.45, 7) is 2.08. The lowest BCUT2D eigenvalue weighted by Crippen LogP contribution is -2.53. The van der Waals surface area contributed by atoms with Gasteiger partial charge in [-0.15, -0.1) is 0 Å². The Morgan fingerprint density at radius 2 is 1.46 bits per heavy atom. The normalized spacial score (nSPS) is 12.5. The first kappa shape index (κ1) is 12.8. The molecule has 13 heavy (non-hydrogen) atoms. The zero-order chi connectivity index (χ0) is 10.3. The molecule has 0 amide bonds. The monoisotopic (exact) mass is 193 g/mol. The number of rotatable bonds is 7. The second-order valence-corrected chi connectivity index (χ2v) is 3.19. The first-order valence-electron chi connectivity index (χ1n) is 4.09. The van der Waals surface area contributed by atoms with E-state index in [1.807, 2.05) is 0 Å². The molecule has 0 aromatic rings. The lowest BCUT2D eigenvalue weighted by Gasteiger charge is -2.37. The third kappa shape index (κ3) is 3.58. The molecule has 0 aliphatic carbocycles. The first-order chi connectivity index (χ1) is 6.14. The first-order valence-corrected chi connectivity index (χ1v) is 4.09. The zero-order valence-corrected chi connectivity index (χ0v) is 8.49. The minimum Gasteiger partial charge on any atom is -0.394 e. The van der Waals surface area contributed by atoms with E-state index in [4.69, 9.17) is 19.7 Å². The van der Waals surface area contributed by atoms with Crippen molar-refractivity contribution >= 4 is 0 Å². The summed E-state index contributed by atoms with van der Waals surface area (Å²) in [6, 6.07) is 0. The standard InChI is InChI=1S/C8H19NO4/c1-8(4-10,5-11)9(6-12-2)7-13-3/h10-11H,4-7H2,1-3H3. The van der Waals surface area contributed by atoms with E-state index in [1.165, 1.54) is 0 Å². The zero-order valence-electron chi connectivity index (χ0n) is 8.49. The Morgan fingerprint density at radius 3 is 1.69 bits per heavy atom. The molecule has 0 saturated carbocycles. The van der Waals surface area contributed by atoms with Gasteiger partial charge >= 0.3 is 0 Å². The highest BCUT2D eigenvalue weighted by Crippen LogP contribution is 2.13. The number of ether oxygens (including phenoxy) is 2. The van der Waals surface area contributed by atoms with E-state index in [0.29, 0.717) is 13.5 Å². The number of hydrogen-bond acceptors (Lipinski definition) is 5. The number of aliphatic hydroxyl groups excluding tert-OH is 2. The van der Waals surface area contributed by atoms with E-state index in [1.54, 1.807) is 26.0 Å². The molecule has 0 rings (SSSR count). The molecule has 0 unspecified atom stereocenters. The fourth-order valence-corrected chi connectivity index (χ4v) is 0.911. The van der Waals surface area contributed by atoms with E-state index in [-0.39, 0.29) is 13.2 Å². The number of methoxy groups -OCH3 is 2. The summed E-state index contributed by atoms with van der Waals surface area (Å²) < 4.78 is 9.86. The van der Waals surface area contributed by atoms with Crippen LogP contribution in [0, 0.1) is 0 Å². The summed E-state index contributed by atoms with van der Waals surface area (Å²) in [7, 11) is 3.11. The van der Waals surface area contributed by atoms with Gasteiger partial charge in [-0.25, -0.2) is 4.90 Å². The summed E-state index contributed by atoms with van der Waals surface area (Å²) in [6.07, 6.45) is 0. The van der Waals surface area contributed by atoms with E-state index in [2.05, 4.69) is 0 Å². The maximum Gasteiger partial charge on any atom is 0.101 e. The van der Waals surface area contributed by atoms with Crippen molar-refractivity contribution in [2.24, 2.45) is 0 Å². The van der Waals surface area contributed by atoms with Gasteiger partial charge in [0.15, 0.2) is 0 Å². The summed E-state index contributed by atoms with van der Waals surface area (Å²) in [5, 5.41) is 18.2. The maximum atomic E-state index is 9.10. The SMILES string of the molecule is COCN(COC)C(C)(CO)CO. The molecule has 80 valence electrons. The van der Waals surface area contributed by atoms with Crippen molar-refractivity contribution in [2.75, 3.05) is 40.9 Å². The third-order valence-electron chi connectivity index (χ3n) is 2.01. The minimum atomic E-state index is -0.702. The molecule has 0 spiro atoms. The highest BCUT2D eigenvalue weighted by molar-refractivity contribution is 4.82. The Kier molecular flexibility index (Phi) is 6.19. The highest BCUT2D eigenvalue weighted by atomic mass is 16.5. The fraction of sp³-hybridized carbons (Fsp3) is 1.00. The molecule has 5 nitrogen and oxygen atoms in total. The topological polar surface area (TPSA) is 62.2 Å². The average molecular weight is 193 g/mol. The van der Waals surface area contributed by atoms with Crippen LogP contribution in [0.3, 0.4) is 0 Å². The molecule has 2 N–H and O–H groups in total. The molecular weight excluding hydrogens is 174 g/mol. The van der Waals surface area contributed by atoms with E-state index in [9.17, 15) is 0 Å². The van der Waals surface area contributed by atoms with Gasteiger partial charge in [-0.3, -0.25) is 0 Å². The van der Waals surface area contributed by atoms with Crippen LogP contribution >= 0.6 is 0 Å². The summed E-state index contributed by atoms with van der Waals surface area (Å²) >= 11 is 0. The van der Waals surface area contributed by atoms with Gasteiger partial charge in [0.1, 0.15) is 13.5 Å². The maximum absolute atomic E-state index is 9.10. The van der Waals surface area contributed by atoms with Crippen LogP contribution < -0.4 is 0 Å². The van der Waals surface area contributed by atoms with Gasteiger partial charge in [-0.1, -0.05) is 0 Å². The van der Waals surface area contributed by atoms with Gasteiger partial charge in [0.2, 0.25) is 0 Å². The molecular formula is C8H19NO4. The van der Waals surface area contributed by atoms with Gasteiger partial charge in [0, 0.05) is 14.2 Å². The molecule has 0 saturated heterocycles. The van der Waals surface area contributed by atoms with Crippen LogP contribution in [0.1, 0.15) is 6.92 Å². The second kappa shape index (κ2) is 6.28. The Bertz CT molecular complexity index is 121. The number of hydrogen-bond donors (Lipinski definition) is 2. The van der Waals surface area contributed by atoms with Gasteiger partial charge in [0.05, 0.1) is 18.8 Å². The molecule has 0 aromatic heterocycles. The molecule has 0 heterocycles. The van der Waals surface area contributed by atoms with Gasteiger partial charge < -0.3 is 19.7 Å². The van der Waals surface area contributed by atoms with Crippen LogP contribution in [0.4, 0.5) is 0 Å². The molecule has 0 aromatic carbocycles. The Morgan fingerprint density at radius 1 is 1.08 bits per heavy atom. The predicted octanol–water partition coefficient (Wildman–Crippen LogP) is -0.760. The predicted molar refractivity (Wildman–Crippen MR) is 48.2 cm³/mol. The lowest BCUT2D eigenvalue weighted by molar-refractivity contribution is -0.106. The van der Waals surface area contributed by atoms with Gasteiger partial charge in [-0.05, 0) is 6.92 Å². The fourth-order valence-electron chi connectivity index (χ4n) is 0.911. The molecule has 0 aliphatic rings. The van der Waals surface area contributed by atoms with Crippen molar-refractivity contribution in [2.45, 2.75) is 12.5 Å². The molecule has 0 atom stereocenters. The molecule has 0 fully saturated rings. The second-order valence-electron chi connectivity index (χ2n) is 3.19. The van der Waals surface area contributed by atoms with Crippen LogP contribution in [-0.4, -0.2) is 61.5 Å². The molecule has 5 heteroatoms. The van der Waals surface area contributed by atoms with Crippen LogP contribution in [0.5, 0.6) is 0 Å². The van der Waals surface area contributed by atoms with Crippen molar-refractivity contribution in [1.29, 1.82) is 0 Å². The average Bonchev–Trinajstić information content (AvgIpc) is 2.16. The van der Waals surface area contributed by atoms with Crippen LogP contribution in [0.25, 0.3) is 0 Å². The van der Waals surface area contributed by atoms with Gasteiger partial charge in [-0.2, -0.15) is 0 Å². The van der Waals surface area contributed by atoms with Crippen LogP contribution in [-0.2, 0) is 9.47 Å². The molecule has 0 radical (unpaired) electrons. The Balaban J connectivity index is 4.28.